The summed E-state index contributed by atoms with van der Waals surface area (Å²) in [5.74, 6) is -0.884. The lowest BCUT2D eigenvalue weighted by Crippen LogP contribution is -2.37. The maximum Gasteiger partial charge on any atom is 0.294 e. The van der Waals surface area contributed by atoms with Crippen molar-refractivity contribution in [3.05, 3.63) is 66.2 Å². The molecule has 0 bridgehead atoms. The number of rotatable bonds is 4. The first-order valence-corrected chi connectivity index (χ1v) is 10.7. The number of carbonyl (C=O) groups excluding carboxylic acids is 1. The Bertz CT molecular complexity index is 1160. The van der Waals surface area contributed by atoms with Crippen LogP contribution in [0.15, 0.2) is 59.1 Å². The Balaban J connectivity index is 1.52. The van der Waals surface area contributed by atoms with Crippen molar-refractivity contribution in [2.75, 3.05) is 21.9 Å². The second-order valence-electron chi connectivity index (χ2n) is 6.69. The Kier molecular flexibility index (Phi) is 5.06. The maximum absolute atomic E-state index is 13.4. The highest BCUT2D eigenvalue weighted by molar-refractivity contribution is 7.92. The number of halogens is 1. The molecule has 1 amide bonds. The first-order chi connectivity index (χ1) is 13.9. The van der Waals surface area contributed by atoms with Gasteiger partial charge in [0.1, 0.15) is 11.5 Å². The SMILES string of the molecule is O=C(Nc1cccc(N2CCCCS2(=O)=O)c1)c1cc(-c2cccc(F)c2)no1. The monoisotopic (exact) mass is 415 g/mol. The van der Waals surface area contributed by atoms with Gasteiger partial charge < -0.3 is 9.84 Å². The highest BCUT2D eigenvalue weighted by Crippen LogP contribution is 2.26. The largest absolute Gasteiger partial charge is 0.350 e. The zero-order chi connectivity index (χ0) is 20.4. The van der Waals surface area contributed by atoms with Crippen LogP contribution in [0.5, 0.6) is 0 Å². The van der Waals surface area contributed by atoms with Crippen LogP contribution in [0.25, 0.3) is 11.3 Å². The third kappa shape index (κ3) is 4.14. The lowest BCUT2D eigenvalue weighted by atomic mass is 10.1. The standard InChI is InChI=1S/C20H18FN3O4S/c21-15-6-3-5-14(11-15)18-13-19(28-23-18)20(25)22-16-7-4-8-17(12-16)24-9-1-2-10-29(24,26)27/h3-8,11-13H,1-2,9-10H2,(H,22,25). The molecule has 0 atom stereocenters. The topological polar surface area (TPSA) is 92.5 Å². The number of hydrogen-bond donors (Lipinski definition) is 1. The third-order valence-corrected chi connectivity index (χ3v) is 6.47. The van der Waals surface area contributed by atoms with Crippen LogP contribution in [0.4, 0.5) is 15.8 Å². The fraction of sp³-hybridized carbons (Fsp3) is 0.200. The van der Waals surface area contributed by atoms with Gasteiger partial charge in [-0.25, -0.2) is 12.8 Å². The zero-order valence-electron chi connectivity index (χ0n) is 15.3. The molecule has 1 N–H and O–H groups in total. The minimum Gasteiger partial charge on any atom is -0.350 e. The van der Waals surface area contributed by atoms with E-state index in [2.05, 4.69) is 10.5 Å². The van der Waals surface area contributed by atoms with E-state index in [-0.39, 0.29) is 11.5 Å². The van der Waals surface area contributed by atoms with Crippen molar-refractivity contribution in [1.82, 2.24) is 5.16 Å². The highest BCUT2D eigenvalue weighted by Gasteiger charge is 2.26. The lowest BCUT2D eigenvalue weighted by molar-refractivity contribution is 0.0988. The summed E-state index contributed by atoms with van der Waals surface area (Å²) in [6.07, 6.45) is 1.44. The molecule has 1 aromatic heterocycles. The Hall–Kier alpha value is -3.20. The number of aromatic nitrogens is 1. The van der Waals surface area contributed by atoms with Crippen LogP contribution >= 0.6 is 0 Å². The predicted octanol–water partition coefficient (Wildman–Crippen LogP) is 3.66. The summed E-state index contributed by atoms with van der Waals surface area (Å²) in [6.45, 7) is 0.416. The number of amides is 1. The minimum atomic E-state index is -3.34. The molecular formula is C20H18FN3O4S. The van der Waals surface area contributed by atoms with E-state index in [1.165, 1.54) is 22.5 Å². The van der Waals surface area contributed by atoms with Crippen LogP contribution < -0.4 is 9.62 Å². The summed E-state index contributed by atoms with van der Waals surface area (Å²) in [6, 6.07) is 13.8. The number of anilines is 2. The Labute approximate surface area is 167 Å². The summed E-state index contributed by atoms with van der Waals surface area (Å²) < 4.78 is 44.4. The van der Waals surface area contributed by atoms with Crippen LogP contribution in [-0.2, 0) is 10.0 Å². The van der Waals surface area contributed by atoms with E-state index < -0.39 is 21.7 Å². The molecule has 0 aliphatic carbocycles. The van der Waals surface area contributed by atoms with Gasteiger partial charge in [0.25, 0.3) is 5.91 Å². The van der Waals surface area contributed by atoms with Gasteiger partial charge in [-0.15, -0.1) is 0 Å². The van der Waals surface area contributed by atoms with Gasteiger partial charge in [0, 0.05) is 23.9 Å². The van der Waals surface area contributed by atoms with Crippen molar-refractivity contribution in [2.45, 2.75) is 12.8 Å². The molecule has 9 heteroatoms. The Morgan fingerprint density at radius 2 is 1.93 bits per heavy atom. The van der Waals surface area contributed by atoms with Crippen molar-refractivity contribution in [1.29, 1.82) is 0 Å². The maximum atomic E-state index is 13.4. The van der Waals surface area contributed by atoms with Crippen LogP contribution in [0.3, 0.4) is 0 Å². The number of carbonyl (C=O) groups is 1. The van der Waals surface area contributed by atoms with Crippen molar-refractivity contribution < 1.29 is 22.1 Å². The molecule has 0 saturated carbocycles. The van der Waals surface area contributed by atoms with Gasteiger partial charge in [-0.2, -0.15) is 0 Å². The molecule has 150 valence electrons. The van der Waals surface area contributed by atoms with Gasteiger partial charge in [0.15, 0.2) is 0 Å². The molecule has 4 rings (SSSR count). The zero-order valence-corrected chi connectivity index (χ0v) is 16.2. The quantitative estimate of drug-likeness (QED) is 0.702. The van der Waals surface area contributed by atoms with Gasteiger partial charge in [0.05, 0.1) is 11.4 Å². The summed E-state index contributed by atoms with van der Waals surface area (Å²) in [7, 11) is -3.34. The molecule has 3 aromatic rings. The smallest absolute Gasteiger partial charge is 0.294 e. The molecule has 1 saturated heterocycles. The molecule has 1 aliphatic heterocycles. The van der Waals surface area contributed by atoms with Gasteiger partial charge >= 0.3 is 0 Å². The molecule has 1 fully saturated rings. The molecule has 0 unspecified atom stereocenters. The number of nitrogens with zero attached hydrogens (tertiary/aromatic N) is 2. The first-order valence-electron chi connectivity index (χ1n) is 9.07. The van der Waals surface area contributed by atoms with E-state index in [4.69, 9.17) is 4.52 Å². The first kappa shape index (κ1) is 19.1. The summed E-state index contributed by atoms with van der Waals surface area (Å²) in [4.78, 5) is 12.5. The average Bonchev–Trinajstić information content (AvgIpc) is 3.18. The second-order valence-corrected chi connectivity index (χ2v) is 8.70. The van der Waals surface area contributed by atoms with Crippen molar-refractivity contribution >= 4 is 27.3 Å². The second kappa shape index (κ2) is 7.67. The fourth-order valence-electron chi connectivity index (χ4n) is 3.18. The van der Waals surface area contributed by atoms with Crippen molar-refractivity contribution in [3.8, 4) is 11.3 Å². The number of benzene rings is 2. The molecule has 2 heterocycles. The van der Waals surface area contributed by atoms with E-state index in [1.54, 1.807) is 36.4 Å². The van der Waals surface area contributed by atoms with E-state index in [9.17, 15) is 17.6 Å². The van der Waals surface area contributed by atoms with E-state index in [1.807, 2.05) is 0 Å². The Morgan fingerprint density at radius 1 is 1.10 bits per heavy atom. The molecule has 1 aliphatic rings. The average molecular weight is 415 g/mol. The summed E-state index contributed by atoms with van der Waals surface area (Å²) in [5, 5.41) is 6.48. The van der Waals surface area contributed by atoms with Crippen molar-refractivity contribution in [3.63, 3.8) is 0 Å². The fourth-order valence-corrected chi connectivity index (χ4v) is 4.81. The van der Waals surface area contributed by atoms with E-state index in [0.29, 0.717) is 35.6 Å². The number of sulfonamides is 1. The minimum absolute atomic E-state index is 0.0414. The third-order valence-electron chi connectivity index (χ3n) is 4.60. The Morgan fingerprint density at radius 3 is 2.72 bits per heavy atom. The van der Waals surface area contributed by atoms with Crippen LogP contribution in [0.2, 0.25) is 0 Å². The van der Waals surface area contributed by atoms with E-state index >= 15 is 0 Å². The number of hydrogen-bond acceptors (Lipinski definition) is 5. The number of nitrogens with one attached hydrogen (secondary N) is 1. The van der Waals surface area contributed by atoms with Crippen LogP contribution in [0.1, 0.15) is 23.4 Å². The molecule has 29 heavy (non-hydrogen) atoms. The summed E-state index contributed by atoms with van der Waals surface area (Å²) in [5.41, 5.74) is 1.76. The van der Waals surface area contributed by atoms with Gasteiger partial charge in [0.2, 0.25) is 15.8 Å². The lowest BCUT2D eigenvalue weighted by Gasteiger charge is -2.28. The van der Waals surface area contributed by atoms with Crippen molar-refractivity contribution in [2.24, 2.45) is 0 Å². The van der Waals surface area contributed by atoms with Gasteiger partial charge in [-0.05, 0) is 43.2 Å². The van der Waals surface area contributed by atoms with E-state index in [0.717, 1.165) is 6.42 Å². The van der Waals surface area contributed by atoms with Crippen LogP contribution in [-0.4, -0.2) is 31.8 Å². The summed E-state index contributed by atoms with van der Waals surface area (Å²) >= 11 is 0. The van der Waals surface area contributed by atoms with Crippen LogP contribution in [0, 0.1) is 5.82 Å². The molecular weight excluding hydrogens is 397 g/mol. The van der Waals surface area contributed by atoms with Gasteiger partial charge in [-0.3, -0.25) is 9.10 Å². The highest BCUT2D eigenvalue weighted by atomic mass is 32.2. The molecule has 7 nitrogen and oxygen atoms in total. The molecule has 2 aromatic carbocycles. The predicted molar refractivity (Wildman–Crippen MR) is 107 cm³/mol. The van der Waals surface area contributed by atoms with Gasteiger partial charge in [-0.1, -0.05) is 23.4 Å². The molecule has 0 spiro atoms. The molecule has 0 radical (unpaired) electrons. The normalized spacial score (nSPS) is 15.8.